The summed E-state index contributed by atoms with van der Waals surface area (Å²) in [5.41, 5.74) is 2.69. The van der Waals surface area contributed by atoms with Crippen LogP contribution in [0.2, 0.25) is 0 Å². The van der Waals surface area contributed by atoms with Gasteiger partial charge in [0.15, 0.2) is 5.96 Å². The van der Waals surface area contributed by atoms with Gasteiger partial charge in [-0.25, -0.2) is 0 Å². The molecule has 1 aromatic carbocycles. The molecule has 25 heavy (non-hydrogen) atoms. The summed E-state index contributed by atoms with van der Waals surface area (Å²) in [6.07, 6.45) is 3.61. The van der Waals surface area contributed by atoms with E-state index in [4.69, 9.17) is 4.74 Å². The number of guanidine groups is 1. The maximum absolute atomic E-state index is 5.44. The molecule has 1 heterocycles. The molecule has 1 N–H and O–H groups in total. The first-order valence-corrected chi connectivity index (χ1v) is 9.16. The highest BCUT2D eigenvalue weighted by atomic mass is 127. The Morgan fingerprint density at radius 1 is 1.36 bits per heavy atom. The van der Waals surface area contributed by atoms with Crippen LogP contribution in [0.1, 0.15) is 43.2 Å². The predicted octanol–water partition coefficient (Wildman–Crippen LogP) is 4.04. The molecule has 1 atom stereocenters. The van der Waals surface area contributed by atoms with E-state index in [9.17, 15) is 0 Å². The summed E-state index contributed by atoms with van der Waals surface area (Å²) < 4.78 is 5.44. The normalized spacial score (nSPS) is 16.9. The Balaban J connectivity index is 0.00000312. The van der Waals surface area contributed by atoms with Gasteiger partial charge in [0.25, 0.3) is 0 Å². The Hall–Kier alpha value is -0.820. The fourth-order valence-electron chi connectivity index (χ4n) is 3.24. The number of rotatable bonds is 6. The van der Waals surface area contributed by atoms with E-state index in [1.165, 1.54) is 30.4 Å². The Morgan fingerprint density at radius 3 is 2.72 bits per heavy atom. The molecule has 0 bridgehead atoms. The lowest BCUT2D eigenvalue weighted by Crippen LogP contribution is -2.41. The molecule has 1 unspecified atom stereocenters. The van der Waals surface area contributed by atoms with E-state index in [1.54, 1.807) is 0 Å². The van der Waals surface area contributed by atoms with E-state index in [-0.39, 0.29) is 24.0 Å². The number of nitrogens with one attached hydrogen (secondary N) is 1. The van der Waals surface area contributed by atoms with E-state index in [2.05, 4.69) is 60.4 Å². The van der Waals surface area contributed by atoms with Crippen LogP contribution in [-0.4, -0.2) is 51.3 Å². The van der Waals surface area contributed by atoms with Gasteiger partial charge in [0.2, 0.25) is 0 Å². The molecular formula is C20H34IN3O. The fourth-order valence-corrected chi connectivity index (χ4v) is 3.24. The van der Waals surface area contributed by atoms with Gasteiger partial charge in [-0.15, -0.1) is 24.0 Å². The molecule has 0 spiro atoms. The highest BCUT2D eigenvalue weighted by molar-refractivity contribution is 14.0. The molecular weight excluding hydrogens is 425 g/mol. The second-order valence-electron chi connectivity index (χ2n) is 7.01. The third-order valence-electron chi connectivity index (χ3n) is 4.96. The number of halogens is 1. The lowest BCUT2D eigenvalue weighted by atomic mass is 9.96. The Bertz CT molecular complexity index is 529. The summed E-state index contributed by atoms with van der Waals surface area (Å²) >= 11 is 0. The average molecular weight is 459 g/mol. The van der Waals surface area contributed by atoms with Crippen LogP contribution >= 0.6 is 24.0 Å². The minimum atomic E-state index is 0. The Labute approximate surface area is 170 Å². The smallest absolute Gasteiger partial charge is 0.193 e. The molecule has 142 valence electrons. The summed E-state index contributed by atoms with van der Waals surface area (Å²) in [7, 11) is 4.00. The number of hydrogen-bond donors (Lipinski definition) is 1. The average Bonchev–Trinajstić information content (AvgIpc) is 2.61. The summed E-state index contributed by atoms with van der Waals surface area (Å²) in [6, 6.07) is 8.75. The largest absolute Gasteiger partial charge is 0.381 e. The number of nitrogens with zero attached hydrogens (tertiary/aromatic N) is 2. The molecule has 4 nitrogen and oxygen atoms in total. The van der Waals surface area contributed by atoms with E-state index in [0.29, 0.717) is 5.92 Å². The minimum Gasteiger partial charge on any atom is -0.381 e. The van der Waals surface area contributed by atoms with Crippen molar-refractivity contribution in [2.24, 2.45) is 10.9 Å². The first-order valence-electron chi connectivity index (χ1n) is 9.16. The van der Waals surface area contributed by atoms with E-state index in [1.807, 2.05) is 7.05 Å². The summed E-state index contributed by atoms with van der Waals surface area (Å²) in [5, 5.41) is 3.53. The number of hydrogen-bond acceptors (Lipinski definition) is 2. The van der Waals surface area contributed by atoms with Crippen LogP contribution in [0, 0.1) is 12.8 Å². The van der Waals surface area contributed by atoms with Gasteiger partial charge in [-0.2, -0.15) is 0 Å². The van der Waals surface area contributed by atoms with Gasteiger partial charge in [-0.1, -0.05) is 36.8 Å². The van der Waals surface area contributed by atoms with Gasteiger partial charge in [0.05, 0.1) is 0 Å². The molecule has 1 fully saturated rings. The van der Waals surface area contributed by atoms with Crippen molar-refractivity contribution in [3.63, 3.8) is 0 Å². The number of aryl methyl sites for hydroxylation is 1. The maximum Gasteiger partial charge on any atom is 0.193 e. The number of benzene rings is 1. The van der Waals surface area contributed by atoms with E-state index >= 15 is 0 Å². The second-order valence-corrected chi connectivity index (χ2v) is 7.01. The van der Waals surface area contributed by atoms with Gasteiger partial charge in [-0.05, 0) is 43.6 Å². The zero-order valence-electron chi connectivity index (χ0n) is 16.1. The third kappa shape index (κ3) is 7.52. The molecule has 1 aliphatic rings. The third-order valence-corrected chi connectivity index (χ3v) is 4.96. The van der Waals surface area contributed by atoms with E-state index in [0.717, 1.165) is 38.2 Å². The highest BCUT2D eigenvalue weighted by Gasteiger charge is 2.16. The molecule has 5 heteroatoms. The molecule has 1 aliphatic heterocycles. The van der Waals surface area contributed by atoms with Crippen molar-refractivity contribution in [2.75, 3.05) is 40.4 Å². The van der Waals surface area contributed by atoms with Crippen molar-refractivity contribution in [2.45, 2.75) is 39.0 Å². The molecule has 0 amide bonds. The van der Waals surface area contributed by atoms with Crippen LogP contribution in [0.25, 0.3) is 0 Å². The van der Waals surface area contributed by atoms with Gasteiger partial charge in [0.1, 0.15) is 0 Å². The fraction of sp³-hybridized carbons (Fsp3) is 0.650. The summed E-state index contributed by atoms with van der Waals surface area (Å²) in [4.78, 5) is 6.69. The standard InChI is InChI=1S/C20H33N3O.HI/c1-16-6-5-7-19(14-16)17(2)15-22-20(21-3)23(4)11-8-18-9-12-24-13-10-18;/h5-7,14,17-18H,8-13,15H2,1-4H3,(H,21,22);1H. The van der Waals surface area contributed by atoms with E-state index < -0.39 is 0 Å². The summed E-state index contributed by atoms with van der Waals surface area (Å²) in [5.74, 6) is 2.25. The topological polar surface area (TPSA) is 36.9 Å². The van der Waals surface area contributed by atoms with Gasteiger partial charge in [0, 0.05) is 40.4 Å². The first kappa shape index (κ1) is 22.2. The lowest BCUT2D eigenvalue weighted by molar-refractivity contribution is 0.0625. The first-order chi connectivity index (χ1) is 11.6. The van der Waals surface area contributed by atoms with Crippen LogP contribution in [0.4, 0.5) is 0 Å². The van der Waals surface area contributed by atoms with Gasteiger partial charge in [-0.3, -0.25) is 4.99 Å². The highest BCUT2D eigenvalue weighted by Crippen LogP contribution is 2.19. The van der Waals surface area contributed by atoms with Crippen LogP contribution in [-0.2, 0) is 4.74 Å². The molecule has 0 aromatic heterocycles. The van der Waals surface area contributed by atoms with Crippen molar-refractivity contribution >= 4 is 29.9 Å². The van der Waals surface area contributed by atoms with Crippen LogP contribution in [0.3, 0.4) is 0 Å². The monoisotopic (exact) mass is 459 g/mol. The Kier molecular flexibility index (Phi) is 10.4. The second kappa shape index (κ2) is 11.7. The zero-order chi connectivity index (χ0) is 17.4. The van der Waals surface area contributed by atoms with Crippen molar-refractivity contribution in [1.82, 2.24) is 10.2 Å². The molecule has 2 rings (SSSR count). The minimum absolute atomic E-state index is 0. The zero-order valence-corrected chi connectivity index (χ0v) is 18.5. The van der Waals surface area contributed by atoms with Gasteiger partial charge >= 0.3 is 0 Å². The molecule has 0 aliphatic carbocycles. The van der Waals surface area contributed by atoms with Crippen molar-refractivity contribution in [3.8, 4) is 0 Å². The van der Waals surface area contributed by atoms with Gasteiger partial charge < -0.3 is 15.0 Å². The molecule has 1 saturated heterocycles. The molecule has 0 radical (unpaired) electrons. The van der Waals surface area contributed by atoms with Crippen LogP contribution < -0.4 is 5.32 Å². The number of ether oxygens (including phenoxy) is 1. The molecule has 0 saturated carbocycles. The molecule has 1 aromatic rings. The van der Waals surface area contributed by atoms with Crippen LogP contribution in [0.5, 0.6) is 0 Å². The number of aliphatic imine (C=N–C) groups is 1. The SMILES string of the molecule is CN=C(NCC(C)c1cccc(C)c1)N(C)CCC1CCOCC1.I. The van der Waals surface area contributed by atoms with Crippen molar-refractivity contribution in [3.05, 3.63) is 35.4 Å². The quantitative estimate of drug-likeness (QED) is 0.397. The lowest BCUT2D eigenvalue weighted by Gasteiger charge is -2.27. The van der Waals surface area contributed by atoms with Crippen LogP contribution in [0.15, 0.2) is 29.3 Å². The maximum atomic E-state index is 5.44. The predicted molar refractivity (Wildman–Crippen MR) is 117 cm³/mol. The van der Waals surface area contributed by atoms with Crippen molar-refractivity contribution in [1.29, 1.82) is 0 Å². The Morgan fingerprint density at radius 2 is 2.08 bits per heavy atom. The van der Waals surface area contributed by atoms with Crippen molar-refractivity contribution < 1.29 is 4.74 Å². The summed E-state index contributed by atoms with van der Waals surface area (Å²) in [6.45, 7) is 8.20.